The van der Waals surface area contributed by atoms with Crippen LogP contribution in [-0.4, -0.2) is 25.0 Å². The van der Waals surface area contributed by atoms with E-state index in [4.69, 9.17) is 4.74 Å². The standard InChI is InChI=1S/C21H20N2O3/c1-2-22-21(25)17-8-5-9-18(12-17)23-20(24)14-26-19-11-10-15-6-3-4-7-16(15)13-19/h3-13H,2,14H2,1H3,(H,22,25)(H,23,24). The maximum Gasteiger partial charge on any atom is 0.262 e. The van der Waals surface area contributed by atoms with Crippen LogP contribution in [0, 0.1) is 0 Å². The Morgan fingerprint density at radius 2 is 1.73 bits per heavy atom. The van der Waals surface area contributed by atoms with Gasteiger partial charge >= 0.3 is 0 Å². The molecule has 0 radical (unpaired) electrons. The second-order valence-corrected chi connectivity index (χ2v) is 5.79. The number of amides is 2. The Kier molecular flexibility index (Phi) is 5.49. The molecule has 26 heavy (non-hydrogen) atoms. The van der Waals surface area contributed by atoms with Gasteiger partial charge in [-0.25, -0.2) is 0 Å². The van der Waals surface area contributed by atoms with Crippen LogP contribution in [0.15, 0.2) is 66.7 Å². The molecule has 0 atom stereocenters. The van der Waals surface area contributed by atoms with E-state index in [-0.39, 0.29) is 18.4 Å². The molecule has 5 nitrogen and oxygen atoms in total. The van der Waals surface area contributed by atoms with Crippen molar-refractivity contribution in [3.05, 3.63) is 72.3 Å². The zero-order valence-electron chi connectivity index (χ0n) is 14.5. The number of fused-ring (bicyclic) bond motifs is 1. The fraction of sp³-hybridized carbons (Fsp3) is 0.143. The zero-order chi connectivity index (χ0) is 18.4. The maximum atomic E-state index is 12.1. The first-order valence-corrected chi connectivity index (χ1v) is 8.45. The van der Waals surface area contributed by atoms with Crippen LogP contribution < -0.4 is 15.4 Å². The van der Waals surface area contributed by atoms with Gasteiger partial charge in [0.15, 0.2) is 6.61 Å². The van der Waals surface area contributed by atoms with Crippen LogP contribution in [0.1, 0.15) is 17.3 Å². The minimum Gasteiger partial charge on any atom is -0.484 e. The molecule has 2 amide bonds. The molecule has 0 saturated heterocycles. The topological polar surface area (TPSA) is 67.4 Å². The molecule has 0 aliphatic heterocycles. The number of hydrogen-bond donors (Lipinski definition) is 2. The van der Waals surface area contributed by atoms with E-state index in [0.717, 1.165) is 10.8 Å². The van der Waals surface area contributed by atoms with Crippen molar-refractivity contribution in [2.75, 3.05) is 18.5 Å². The lowest BCUT2D eigenvalue weighted by molar-refractivity contribution is -0.118. The summed E-state index contributed by atoms with van der Waals surface area (Å²) in [6, 6.07) is 20.4. The van der Waals surface area contributed by atoms with Gasteiger partial charge < -0.3 is 15.4 Å². The lowest BCUT2D eigenvalue weighted by Crippen LogP contribution is -2.23. The first-order valence-electron chi connectivity index (χ1n) is 8.45. The van der Waals surface area contributed by atoms with Crippen LogP contribution in [0.3, 0.4) is 0 Å². The van der Waals surface area contributed by atoms with Crippen molar-refractivity contribution in [2.24, 2.45) is 0 Å². The predicted octanol–water partition coefficient (Wildman–Crippen LogP) is 3.61. The summed E-state index contributed by atoms with van der Waals surface area (Å²) in [7, 11) is 0. The van der Waals surface area contributed by atoms with Gasteiger partial charge in [0, 0.05) is 17.8 Å². The van der Waals surface area contributed by atoms with Crippen LogP contribution in [-0.2, 0) is 4.79 Å². The highest BCUT2D eigenvalue weighted by Gasteiger charge is 2.08. The molecule has 132 valence electrons. The molecule has 0 saturated carbocycles. The number of benzene rings is 3. The van der Waals surface area contributed by atoms with Gasteiger partial charge in [0.2, 0.25) is 0 Å². The van der Waals surface area contributed by atoms with Gasteiger partial charge in [-0.2, -0.15) is 0 Å². The Balaban J connectivity index is 1.60. The minimum atomic E-state index is -0.286. The number of rotatable bonds is 6. The quantitative estimate of drug-likeness (QED) is 0.715. The summed E-state index contributed by atoms with van der Waals surface area (Å²) in [4.78, 5) is 24.0. The second-order valence-electron chi connectivity index (χ2n) is 5.79. The summed E-state index contributed by atoms with van der Waals surface area (Å²) in [5.41, 5.74) is 1.06. The van der Waals surface area contributed by atoms with Gasteiger partial charge in [-0.15, -0.1) is 0 Å². The average Bonchev–Trinajstić information content (AvgIpc) is 2.66. The summed E-state index contributed by atoms with van der Waals surface area (Å²) in [6.07, 6.45) is 0. The third-order valence-corrected chi connectivity index (χ3v) is 3.84. The SMILES string of the molecule is CCNC(=O)c1cccc(NC(=O)COc2ccc3ccccc3c2)c1. The van der Waals surface area contributed by atoms with Crippen LogP contribution in [0.5, 0.6) is 5.75 Å². The highest BCUT2D eigenvalue weighted by molar-refractivity contribution is 5.97. The molecular formula is C21H20N2O3. The van der Waals surface area contributed by atoms with Crippen LogP contribution in [0.2, 0.25) is 0 Å². The summed E-state index contributed by atoms with van der Waals surface area (Å²) < 4.78 is 5.57. The number of anilines is 1. The Morgan fingerprint density at radius 1 is 0.923 bits per heavy atom. The first-order chi connectivity index (χ1) is 12.7. The van der Waals surface area contributed by atoms with E-state index in [0.29, 0.717) is 23.5 Å². The van der Waals surface area contributed by atoms with E-state index in [2.05, 4.69) is 10.6 Å². The summed E-state index contributed by atoms with van der Waals surface area (Å²) in [5.74, 6) is 0.178. The molecule has 0 bridgehead atoms. The van der Waals surface area contributed by atoms with Crippen LogP contribution in [0.25, 0.3) is 10.8 Å². The Bertz CT molecular complexity index is 937. The largest absolute Gasteiger partial charge is 0.484 e. The molecule has 0 aromatic heterocycles. The molecule has 0 heterocycles. The van der Waals surface area contributed by atoms with Crippen molar-refractivity contribution in [3.8, 4) is 5.75 Å². The van der Waals surface area contributed by atoms with Gasteiger partial charge in [0.05, 0.1) is 0 Å². The number of nitrogens with one attached hydrogen (secondary N) is 2. The molecule has 2 N–H and O–H groups in total. The molecule has 3 aromatic carbocycles. The number of ether oxygens (including phenoxy) is 1. The van der Waals surface area contributed by atoms with E-state index in [1.807, 2.05) is 49.4 Å². The van der Waals surface area contributed by atoms with Crippen molar-refractivity contribution < 1.29 is 14.3 Å². The monoisotopic (exact) mass is 348 g/mol. The van der Waals surface area contributed by atoms with Gasteiger partial charge in [-0.1, -0.05) is 36.4 Å². The van der Waals surface area contributed by atoms with E-state index in [1.54, 1.807) is 24.3 Å². The fourth-order valence-electron chi connectivity index (χ4n) is 2.60. The number of carbonyl (C=O) groups excluding carboxylic acids is 2. The average molecular weight is 348 g/mol. The second kappa shape index (κ2) is 8.16. The summed E-state index contributed by atoms with van der Waals surface area (Å²) >= 11 is 0. The molecule has 0 unspecified atom stereocenters. The molecule has 0 aliphatic rings. The number of hydrogen-bond acceptors (Lipinski definition) is 3. The van der Waals surface area contributed by atoms with Crippen molar-refractivity contribution in [1.29, 1.82) is 0 Å². The molecule has 0 aliphatic carbocycles. The maximum absolute atomic E-state index is 12.1. The molecule has 3 aromatic rings. The zero-order valence-corrected chi connectivity index (χ0v) is 14.5. The van der Waals surface area contributed by atoms with Crippen LogP contribution >= 0.6 is 0 Å². The van der Waals surface area contributed by atoms with Gasteiger partial charge in [-0.05, 0) is 48.0 Å². The highest BCUT2D eigenvalue weighted by atomic mass is 16.5. The van der Waals surface area contributed by atoms with E-state index < -0.39 is 0 Å². The molecule has 0 spiro atoms. The molecule has 0 fully saturated rings. The Hall–Kier alpha value is -3.34. The Morgan fingerprint density at radius 3 is 2.54 bits per heavy atom. The lowest BCUT2D eigenvalue weighted by Gasteiger charge is -2.09. The van der Waals surface area contributed by atoms with Crippen molar-refractivity contribution in [1.82, 2.24) is 5.32 Å². The molecular weight excluding hydrogens is 328 g/mol. The third-order valence-electron chi connectivity index (χ3n) is 3.84. The van der Waals surface area contributed by atoms with E-state index in [1.165, 1.54) is 0 Å². The van der Waals surface area contributed by atoms with Gasteiger partial charge in [-0.3, -0.25) is 9.59 Å². The smallest absolute Gasteiger partial charge is 0.262 e. The predicted molar refractivity (Wildman–Crippen MR) is 103 cm³/mol. The highest BCUT2D eigenvalue weighted by Crippen LogP contribution is 2.20. The van der Waals surface area contributed by atoms with Crippen molar-refractivity contribution >= 4 is 28.3 Å². The van der Waals surface area contributed by atoms with Crippen molar-refractivity contribution in [2.45, 2.75) is 6.92 Å². The van der Waals surface area contributed by atoms with E-state index >= 15 is 0 Å². The number of carbonyl (C=O) groups is 2. The molecule has 3 rings (SSSR count). The Labute approximate surface area is 152 Å². The van der Waals surface area contributed by atoms with Crippen molar-refractivity contribution in [3.63, 3.8) is 0 Å². The fourth-order valence-corrected chi connectivity index (χ4v) is 2.60. The van der Waals surface area contributed by atoms with Gasteiger partial charge in [0.25, 0.3) is 11.8 Å². The normalized spacial score (nSPS) is 10.3. The summed E-state index contributed by atoms with van der Waals surface area (Å²) in [5, 5.41) is 7.64. The van der Waals surface area contributed by atoms with E-state index in [9.17, 15) is 9.59 Å². The molecule has 5 heteroatoms. The third kappa shape index (κ3) is 4.39. The minimum absolute atomic E-state index is 0.107. The lowest BCUT2D eigenvalue weighted by atomic mass is 10.1. The van der Waals surface area contributed by atoms with Gasteiger partial charge in [0.1, 0.15) is 5.75 Å². The summed E-state index contributed by atoms with van der Waals surface area (Å²) in [6.45, 7) is 2.30. The van der Waals surface area contributed by atoms with Crippen LogP contribution in [0.4, 0.5) is 5.69 Å². The first kappa shape index (κ1) is 17.5.